The highest BCUT2D eigenvalue weighted by molar-refractivity contribution is 5.01. The molecule has 1 saturated carbocycles. The van der Waals surface area contributed by atoms with Gasteiger partial charge in [0.2, 0.25) is 0 Å². The van der Waals surface area contributed by atoms with Gasteiger partial charge in [-0.15, -0.1) is 0 Å². The summed E-state index contributed by atoms with van der Waals surface area (Å²) in [7, 11) is 4.59. The minimum atomic E-state index is 0.400. The molecular weight excluding hydrogens is 232 g/mol. The molecule has 0 amide bonds. The summed E-state index contributed by atoms with van der Waals surface area (Å²) < 4.78 is 0. The number of likely N-dealkylation sites (N-methyl/N-ethyl adjacent to an activating group) is 1. The van der Waals surface area contributed by atoms with Crippen molar-refractivity contribution in [3.63, 3.8) is 0 Å². The maximum absolute atomic E-state index is 3.87. The van der Waals surface area contributed by atoms with E-state index >= 15 is 0 Å². The Labute approximate surface area is 121 Å². The summed E-state index contributed by atoms with van der Waals surface area (Å²) in [5, 5.41) is 3.87. The molecule has 2 nitrogen and oxygen atoms in total. The van der Waals surface area contributed by atoms with Crippen molar-refractivity contribution in [2.24, 2.45) is 5.92 Å². The second kappa shape index (κ2) is 8.26. The smallest absolute Gasteiger partial charge is 0.0356 e. The lowest BCUT2D eigenvalue weighted by molar-refractivity contribution is 0.0396. The van der Waals surface area contributed by atoms with Gasteiger partial charge in [0.25, 0.3) is 0 Å². The third-order valence-electron chi connectivity index (χ3n) is 5.17. The fourth-order valence-corrected chi connectivity index (χ4v) is 3.66. The largest absolute Gasteiger partial charge is 0.312 e. The standard InChI is InChI=1S/C17H36N2/c1-6-8-9-16(18-14-7-2)17(19(4)5)12-10-15(3)11-13-17/h15-16,18H,6-14H2,1-5H3. The molecule has 0 radical (unpaired) electrons. The topological polar surface area (TPSA) is 15.3 Å². The second-order valence-electron chi connectivity index (χ2n) is 6.83. The van der Waals surface area contributed by atoms with E-state index in [1.165, 1.54) is 57.9 Å². The van der Waals surface area contributed by atoms with E-state index in [0.29, 0.717) is 11.6 Å². The zero-order valence-corrected chi connectivity index (χ0v) is 14.0. The van der Waals surface area contributed by atoms with Gasteiger partial charge in [-0.25, -0.2) is 0 Å². The van der Waals surface area contributed by atoms with Crippen molar-refractivity contribution in [1.29, 1.82) is 0 Å². The molecule has 1 N–H and O–H groups in total. The molecule has 0 spiro atoms. The molecule has 1 fully saturated rings. The van der Waals surface area contributed by atoms with Crippen molar-refractivity contribution in [3.05, 3.63) is 0 Å². The molecule has 0 aromatic heterocycles. The van der Waals surface area contributed by atoms with E-state index in [4.69, 9.17) is 0 Å². The van der Waals surface area contributed by atoms with Crippen molar-refractivity contribution < 1.29 is 0 Å². The molecule has 114 valence electrons. The van der Waals surface area contributed by atoms with Crippen molar-refractivity contribution in [2.75, 3.05) is 20.6 Å². The van der Waals surface area contributed by atoms with Crippen LogP contribution >= 0.6 is 0 Å². The zero-order valence-electron chi connectivity index (χ0n) is 14.0. The molecule has 1 unspecified atom stereocenters. The predicted molar refractivity (Wildman–Crippen MR) is 85.7 cm³/mol. The maximum atomic E-state index is 3.87. The Kier molecular flexibility index (Phi) is 7.38. The minimum absolute atomic E-state index is 0.400. The average molecular weight is 268 g/mol. The van der Waals surface area contributed by atoms with Crippen molar-refractivity contribution >= 4 is 0 Å². The third kappa shape index (κ3) is 4.46. The normalized spacial score (nSPS) is 29.7. The first-order chi connectivity index (χ1) is 9.06. The van der Waals surface area contributed by atoms with Gasteiger partial charge in [-0.1, -0.05) is 33.6 Å². The van der Waals surface area contributed by atoms with Gasteiger partial charge in [0.1, 0.15) is 0 Å². The summed E-state index contributed by atoms with van der Waals surface area (Å²) in [5.41, 5.74) is 0.400. The Morgan fingerprint density at radius 2 is 1.79 bits per heavy atom. The molecular formula is C17H36N2. The van der Waals surface area contributed by atoms with Gasteiger partial charge in [0, 0.05) is 11.6 Å². The number of hydrogen-bond acceptors (Lipinski definition) is 2. The molecule has 1 aliphatic carbocycles. The molecule has 0 aromatic rings. The quantitative estimate of drug-likeness (QED) is 0.714. The van der Waals surface area contributed by atoms with Crippen LogP contribution < -0.4 is 5.32 Å². The fourth-order valence-electron chi connectivity index (χ4n) is 3.66. The van der Waals surface area contributed by atoms with Crippen LogP contribution in [0.15, 0.2) is 0 Å². The van der Waals surface area contributed by atoms with E-state index in [0.717, 1.165) is 5.92 Å². The molecule has 0 aliphatic heterocycles. The van der Waals surface area contributed by atoms with E-state index in [2.05, 4.69) is 45.1 Å². The Hall–Kier alpha value is -0.0800. The Bertz CT molecular complexity index is 221. The van der Waals surface area contributed by atoms with Crippen LogP contribution in [0.1, 0.15) is 72.1 Å². The van der Waals surface area contributed by atoms with Crippen LogP contribution in [-0.4, -0.2) is 37.1 Å². The van der Waals surface area contributed by atoms with Gasteiger partial charge in [0.05, 0.1) is 0 Å². The monoisotopic (exact) mass is 268 g/mol. The van der Waals surface area contributed by atoms with Crippen LogP contribution in [0, 0.1) is 5.92 Å². The lowest BCUT2D eigenvalue weighted by Crippen LogP contribution is -2.60. The highest BCUT2D eigenvalue weighted by Gasteiger charge is 2.42. The molecule has 1 aliphatic rings. The van der Waals surface area contributed by atoms with E-state index < -0.39 is 0 Å². The van der Waals surface area contributed by atoms with E-state index in [9.17, 15) is 0 Å². The van der Waals surface area contributed by atoms with Gasteiger partial charge in [-0.3, -0.25) is 0 Å². The third-order valence-corrected chi connectivity index (χ3v) is 5.17. The summed E-state index contributed by atoms with van der Waals surface area (Å²) in [5.74, 6) is 0.922. The van der Waals surface area contributed by atoms with Crippen LogP contribution in [-0.2, 0) is 0 Å². The summed E-state index contributed by atoms with van der Waals surface area (Å²) in [6.07, 6.45) is 10.8. The van der Waals surface area contributed by atoms with Crippen LogP contribution in [0.4, 0.5) is 0 Å². The van der Waals surface area contributed by atoms with Gasteiger partial charge in [0.15, 0.2) is 0 Å². The Morgan fingerprint density at radius 3 is 2.26 bits per heavy atom. The van der Waals surface area contributed by atoms with E-state index in [1.54, 1.807) is 0 Å². The first kappa shape index (κ1) is 17.0. The van der Waals surface area contributed by atoms with E-state index in [-0.39, 0.29) is 0 Å². The maximum Gasteiger partial charge on any atom is 0.0356 e. The molecule has 2 heteroatoms. The average Bonchev–Trinajstić information content (AvgIpc) is 2.40. The molecule has 0 saturated heterocycles. The Morgan fingerprint density at radius 1 is 1.16 bits per heavy atom. The zero-order chi connectivity index (χ0) is 14.3. The molecule has 0 bridgehead atoms. The first-order valence-corrected chi connectivity index (χ1v) is 8.47. The lowest BCUT2D eigenvalue weighted by Gasteiger charge is -2.50. The summed E-state index contributed by atoms with van der Waals surface area (Å²) in [6, 6.07) is 0.676. The Balaban J connectivity index is 2.77. The molecule has 19 heavy (non-hydrogen) atoms. The van der Waals surface area contributed by atoms with Gasteiger partial charge in [-0.2, -0.15) is 0 Å². The van der Waals surface area contributed by atoms with Crippen molar-refractivity contribution in [1.82, 2.24) is 10.2 Å². The van der Waals surface area contributed by atoms with Crippen LogP contribution in [0.25, 0.3) is 0 Å². The summed E-state index contributed by atoms with van der Waals surface area (Å²) in [4.78, 5) is 2.53. The first-order valence-electron chi connectivity index (χ1n) is 8.47. The SMILES string of the molecule is CCCCC(NCCC)C1(N(C)C)CCC(C)CC1. The van der Waals surface area contributed by atoms with Crippen LogP contribution in [0.5, 0.6) is 0 Å². The fraction of sp³-hybridized carbons (Fsp3) is 1.00. The predicted octanol–water partition coefficient (Wildman–Crippen LogP) is 4.06. The van der Waals surface area contributed by atoms with Gasteiger partial charge in [-0.05, 0) is 65.1 Å². The molecule has 1 atom stereocenters. The van der Waals surface area contributed by atoms with Crippen LogP contribution in [0.2, 0.25) is 0 Å². The second-order valence-corrected chi connectivity index (χ2v) is 6.83. The van der Waals surface area contributed by atoms with Gasteiger partial charge >= 0.3 is 0 Å². The van der Waals surface area contributed by atoms with Gasteiger partial charge < -0.3 is 10.2 Å². The number of nitrogens with zero attached hydrogens (tertiary/aromatic N) is 1. The number of rotatable bonds is 8. The number of unbranched alkanes of at least 4 members (excludes halogenated alkanes) is 1. The highest BCUT2D eigenvalue weighted by atomic mass is 15.2. The summed E-state index contributed by atoms with van der Waals surface area (Å²) >= 11 is 0. The minimum Gasteiger partial charge on any atom is -0.312 e. The van der Waals surface area contributed by atoms with E-state index in [1.807, 2.05) is 0 Å². The lowest BCUT2D eigenvalue weighted by atomic mass is 9.71. The molecule has 1 rings (SSSR count). The number of nitrogens with one attached hydrogen (secondary N) is 1. The molecule has 0 heterocycles. The molecule has 0 aromatic carbocycles. The highest BCUT2D eigenvalue weighted by Crippen LogP contribution is 2.39. The number of hydrogen-bond donors (Lipinski definition) is 1. The van der Waals surface area contributed by atoms with Crippen molar-refractivity contribution in [2.45, 2.75) is 83.7 Å². The van der Waals surface area contributed by atoms with Crippen molar-refractivity contribution in [3.8, 4) is 0 Å². The summed E-state index contributed by atoms with van der Waals surface area (Å²) in [6.45, 7) is 8.16. The van der Waals surface area contributed by atoms with Crippen LogP contribution in [0.3, 0.4) is 0 Å².